The molecule has 3 rings (SSSR count). The molecule has 2 N–H and O–H groups in total. The Bertz CT molecular complexity index is 467. The van der Waals surface area contributed by atoms with Gasteiger partial charge in [-0.15, -0.1) is 5.10 Å². The van der Waals surface area contributed by atoms with Gasteiger partial charge >= 0.3 is 0 Å². The highest BCUT2D eigenvalue weighted by molar-refractivity contribution is 5.76. The summed E-state index contributed by atoms with van der Waals surface area (Å²) in [4.78, 5) is 14.3. The quantitative estimate of drug-likeness (QED) is 0.857. The molecule has 0 radical (unpaired) electrons. The number of likely N-dealkylation sites (tertiary alicyclic amines) is 1. The maximum atomic E-state index is 12.3. The molecule has 2 aliphatic heterocycles. The molecule has 22 heavy (non-hydrogen) atoms. The van der Waals surface area contributed by atoms with Crippen LogP contribution < -0.4 is 10.6 Å². The molecule has 120 valence electrons. The third kappa shape index (κ3) is 4.16. The topological polar surface area (TPSA) is 70.2 Å². The van der Waals surface area contributed by atoms with E-state index in [0.29, 0.717) is 24.3 Å². The van der Waals surface area contributed by atoms with E-state index in [9.17, 15) is 4.79 Å². The molecule has 0 bridgehead atoms. The summed E-state index contributed by atoms with van der Waals surface area (Å²) in [6.07, 6.45) is 6.59. The van der Waals surface area contributed by atoms with E-state index in [-0.39, 0.29) is 0 Å². The molecule has 1 amide bonds. The molecule has 6 nitrogen and oxygen atoms in total. The van der Waals surface area contributed by atoms with Crippen LogP contribution in [0.1, 0.15) is 32.1 Å². The first-order chi connectivity index (χ1) is 10.8. The lowest BCUT2D eigenvalue weighted by atomic mass is 10.0. The summed E-state index contributed by atoms with van der Waals surface area (Å²) < 4.78 is 0. The average Bonchev–Trinajstić information content (AvgIpc) is 3.08. The summed E-state index contributed by atoms with van der Waals surface area (Å²) in [5.74, 6) is 1.84. The lowest BCUT2D eigenvalue weighted by Crippen LogP contribution is -2.42. The molecule has 0 saturated carbocycles. The van der Waals surface area contributed by atoms with Crippen LogP contribution in [0.15, 0.2) is 18.3 Å². The first-order valence-electron chi connectivity index (χ1n) is 8.34. The van der Waals surface area contributed by atoms with Crippen LogP contribution in [0, 0.1) is 5.92 Å². The molecule has 1 aromatic heterocycles. The van der Waals surface area contributed by atoms with Crippen molar-refractivity contribution in [1.82, 2.24) is 20.4 Å². The van der Waals surface area contributed by atoms with Gasteiger partial charge in [0.15, 0.2) is 0 Å². The molecule has 0 aromatic carbocycles. The van der Waals surface area contributed by atoms with Crippen LogP contribution in [0.2, 0.25) is 0 Å². The Hall–Kier alpha value is -1.69. The first-order valence-corrected chi connectivity index (χ1v) is 8.34. The van der Waals surface area contributed by atoms with Gasteiger partial charge in [0, 0.05) is 31.7 Å². The van der Waals surface area contributed by atoms with E-state index in [1.165, 1.54) is 6.42 Å². The second-order valence-corrected chi connectivity index (χ2v) is 6.31. The van der Waals surface area contributed by atoms with Crippen molar-refractivity contribution in [2.75, 3.05) is 31.5 Å². The van der Waals surface area contributed by atoms with Crippen LogP contribution >= 0.6 is 0 Å². The standard InChI is InChI=1S/C16H25N5O/c22-16(4-3-13-5-9-17-12-13)21-10-6-14(7-11-21)19-15-2-1-8-18-20-15/h1-2,8,13-14,17H,3-7,9-12H2,(H,19,20). The van der Waals surface area contributed by atoms with E-state index in [4.69, 9.17) is 0 Å². The van der Waals surface area contributed by atoms with Crippen molar-refractivity contribution in [3.63, 3.8) is 0 Å². The van der Waals surface area contributed by atoms with Crippen LogP contribution in [0.5, 0.6) is 0 Å². The lowest BCUT2D eigenvalue weighted by Gasteiger charge is -2.32. The molecule has 2 aliphatic rings. The van der Waals surface area contributed by atoms with Gasteiger partial charge < -0.3 is 15.5 Å². The summed E-state index contributed by atoms with van der Waals surface area (Å²) in [6, 6.07) is 4.20. The van der Waals surface area contributed by atoms with Gasteiger partial charge in [0.1, 0.15) is 5.82 Å². The zero-order valence-electron chi connectivity index (χ0n) is 13.0. The highest BCUT2D eigenvalue weighted by atomic mass is 16.2. The summed E-state index contributed by atoms with van der Waals surface area (Å²) in [7, 11) is 0. The van der Waals surface area contributed by atoms with Crippen molar-refractivity contribution < 1.29 is 4.79 Å². The van der Waals surface area contributed by atoms with Crippen molar-refractivity contribution >= 4 is 11.7 Å². The summed E-state index contributed by atoms with van der Waals surface area (Å²) in [5.41, 5.74) is 0. The number of amides is 1. The van der Waals surface area contributed by atoms with Crippen LogP contribution in [-0.2, 0) is 4.79 Å². The molecule has 2 saturated heterocycles. The number of carbonyl (C=O) groups excluding carboxylic acids is 1. The Morgan fingerprint density at radius 3 is 2.91 bits per heavy atom. The van der Waals surface area contributed by atoms with Gasteiger partial charge in [-0.2, -0.15) is 5.10 Å². The second-order valence-electron chi connectivity index (χ2n) is 6.31. The SMILES string of the molecule is O=C(CCC1CCNC1)N1CCC(Nc2cccnn2)CC1. The van der Waals surface area contributed by atoms with E-state index in [2.05, 4.69) is 20.8 Å². The van der Waals surface area contributed by atoms with E-state index in [1.807, 2.05) is 17.0 Å². The molecular weight excluding hydrogens is 278 g/mol. The largest absolute Gasteiger partial charge is 0.366 e. The van der Waals surface area contributed by atoms with Crippen LogP contribution in [-0.4, -0.2) is 53.2 Å². The van der Waals surface area contributed by atoms with Crippen molar-refractivity contribution in [2.45, 2.75) is 38.1 Å². The zero-order chi connectivity index (χ0) is 15.2. The number of anilines is 1. The van der Waals surface area contributed by atoms with Crippen molar-refractivity contribution in [3.8, 4) is 0 Å². The third-order valence-electron chi connectivity index (χ3n) is 4.70. The Kier molecular flexibility index (Phi) is 5.21. The zero-order valence-corrected chi connectivity index (χ0v) is 13.0. The normalized spacial score (nSPS) is 22.7. The molecule has 2 fully saturated rings. The molecular formula is C16H25N5O. The number of nitrogens with one attached hydrogen (secondary N) is 2. The van der Waals surface area contributed by atoms with Gasteiger partial charge in [-0.3, -0.25) is 4.79 Å². The van der Waals surface area contributed by atoms with Gasteiger partial charge in [-0.05, 0) is 56.8 Å². The molecule has 6 heteroatoms. The van der Waals surface area contributed by atoms with Crippen molar-refractivity contribution in [2.24, 2.45) is 5.92 Å². The molecule has 0 spiro atoms. The Morgan fingerprint density at radius 1 is 1.36 bits per heavy atom. The fourth-order valence-corrected chi connectivity index (χ4v) is 3.31. The number of nitrogens with zero attached hydrogens (tertiary/aromatic N) is 3. The number of rotatable bonds is 5. The molecule has 0 aliphatic carbocycles. The van der Waals surface area contributed by atoms with Gasteiger partial charge in [0.2, 0.25) is 5.91 Å². The Morgan fingerprint density at radius 2 is 2.23 bits per heavy atom. The Balaban J connectivity index is 1.38. The maximum absolute atomic E-state index is 12.3. The number of hydrogen-bond acceptors (Lipinski definition) is 5. The van der Waals surface area contributed by atoms with Crippen LogP contribution in [0.3, 0.4) is 0 Å². The van der Waals surface area contributed by atoms with Gasteiger partial charge in [0.25, 0.3) is 0 Å². The second kappa shape index (κ2) is 7.54. The molecule has 1 aromatic rings. The van der Waals surface area contributed by atoms with Gasteiger partial charge in [-0.25, -0.2) is 0 Å². The van der Waals surface area contributed by atoms with Gasteiger partial charge in [0.05, 0.1) is 0 Å². The summed E-state index contributed by atoms with van der Waals surface area (Å²) in [5, 5.41) is 14.7. The minimum absolute atomic E-state index is 0.324. The number of aromatic nitrogens is 2. The lowest BCUT2D eigenvalue weighted by molar-refractivity contribution is -0.132. The fourth-order valence-electron chi connectivity index (χ4n) is 3.31. The monoisotopic (exact) mass is 303 g/mol. The van der Waals surface area contributed by atoms with E-state index in [1.54, 1.807) is 6.20 Å². The summed E-state index contributed by atoms with van der Waals surface area (Å²) in [6.45, 7) is 3.88. The summed E-state index contributed by atoms with van der Waals surface area (Å²) >= 11 is 0. The smallest absolute Gasteiger partial charge is 0.222 e. The number of carbonyl (C=O) groups is 1. The average molecular weight is 303 g/mol. The first kappa shape index (κ1) is 15.2. The minimum Gasteiger partial charge on any atom is -0.366 e. The fraction of sp³-hybridized carbons (Fsp3) is 0.688. The highest BCUT2D eigenvalue weighted by Gasteiger charge is 2.24. The molecule has 3 heterocycles. The van der Waals surface area contributed by atoms with Crippen molar-refractivity contribution in [3.05, 3.63) is 18.3 Å². The maximum Gasteiger partial charge on any atom is 0.222 e. The molecule has 1 atom stereocenters. The Labute approximate surface area is 131 Å². The van der Waals surface area contributed by atoms with Crippen molar-refractivity contribution in [1.29, 1.82) is 0 Å². The van der Waals surface area contributed by atoms with E-state index < -0.39 is 0 Å². The van der Waals surface area contributed by atoms with E-state index >= 15 is 0 Å². The number of piperidine rings is 1. The highest BCUT2D eigenvalue weighted by Crippen LogP contribution is 2.18. The predicted molar refractivity (Wildman–Crippen MR) is 85.5 cm³/mol. The minimum atomic E-state index is 0.324. The third-order valence-corrected chi connectivity index (χ3v) is 4.70. The van der Waals surface area contributed by atoms with Gasteiger partial charge in [-0.1, -0.05) is 0 Å². The van der Waals surface area contributed by atoms with Crippen LogP contribution in [0.25, 0.3) is 0 Å². The van der Waals surface area contributed by atoms with Crippen LogP contribution in [0.4, 0.5) is 5.82 Å². The van der Waals surface area contributed by atoms with E-state index in [0.717, 1.165) is 51.3 Å². The predicted octanol–water partition coefficient (Wildman–Crippen LogP) is 1.27. The molecule has 1 unspecified atom stereocenters. The number of hydrogen-bond donors (Lipinski definition) is 2.